The van der Waals surface area contributed by atoms with Gasteiger partial charge in [-0.1, -0.05) is 12.1 Å². The number of amides is 1. The lowest BCUT2D eigenvalue weighted by molar-refractivity contribution is -0.116. The minimum absolute atomic E-state index is 0.0834. The van der Waals surface area contributed by atoms with Gasteiger partial charge in [-0.2, -0.15) is 5.10 Å². The lowest BCUT2D eigenvalue weighted by Gasteiger charge is -2.27. The van der Waals surface area contributed by atoms with Gasteiger partial charge in [0.15, 0.2) is 5.82 Å². The predicted molar refractivity (Wildman–Crippen MR) is 112 cm³/mol. The van der Waals surface area contributed by atoms with Gasteiger partial charge in [0.25, 0.3) is 0 Å². The molecule has 1 aliphatic rings. The SMILES string of the molecule is COc1cccc(-c2cn(CC(=O)Nc3ccc(F)cc3F)nc2N2CCOCC2)c1. The molecule has 3 aromatic rings. The highest BCUT2D eigenvalue weighted by atomic mass is 19.1. The fourth-order valence-corrected chi connectivity index (χ4v) is 3.42. The number of rotatable bonds is 6. The number of halogens is 2. The van der Waals surface area contributed by atoms with Crippen LogP contribution in [-0.4, -0.2) is 49.1 Å². The zero-order chi connectivity index (χ0) is 21.8. The first-order chi connectivity index (χ1) is 15.0. The second kappa shape index (κ2) is 9.13. The Kier molecular flexibility index (Phi) is 6.13. The molecule has 7 nitrogen and oxygen atoms in total. The van der Waals surface area contributed by atoms with Crippen molar-refractivity contribution in [2.75, 3.05) is 43.6 Å². The summed E-state index contributed by atoms with van der Waals surface area (Å²) in [4.78, 5) is 14.6. The number of benzene rings is 2. The number of nitrogens with one attached hydrogen (secondary N) is 1. The monoisotopic (exact) mass is 428 g/mol. The van der Waals surface area contributed by atoms with E-state index in [9.17, 15) is 13.6 Å². The molecule has 4 rings (SSSR count). The second-order valence-electron chi connectivity index (χ2n) is 7.07. The van der Waals surface area contributed by atoms with Crippen LogP contribution < -0.4 is 15.0 Å². The first kappa shape index (κ1) is 20.8. The van der Waals surface area contributed by atoms with Crippen molar-refractivity contribution in [3.63, 3.8) is 0 Å². The fourth-order valence-electron chi connectivity index (χ4n) is 3.42. The molecule has 1 saturated heterocycles. The van der Waals surface area contributed by atoms with Gasteiger partial charge in [-0.25, -0.2) is 8.78 Å². The maximum atomic E-state index is 13.8. The molecule has 0 unspecified atom stereocenters. The number of carbonyl (C=O) groups is 1. The van der Waals surface area contributed by atoms with E-state index in [1.807, 2.05) is 24.3 Å². The lowest BCUT2D eigenvalue weighted by atomic mass is 10.1. The molecule has 9 heteroatoms. The minimum Gasteiger partial charge on any atom is -0.497 e. The van der Waals surface area contributed by atoms with E-state index in [1.165, 1.54) is 10.7 Å². The third kappa shape index (κ3) is 4.83. The number of anilines is 2. The molecule has 0 atom stereocenters. The molecule has 2 heterocycles. The van der Waals surface area contributed by atoms with Crippen LogP contribution in [0.2, 0.25) is 0 Å². The van der Waals surface area contributed by atoms with E-state index in [1.54, 1.807) is 13.3 Å². The van der Waals surface area contributed by atoms with Crippen LogP contribution in [0.5, 0.6) is 5.75 Å². The fraction of sp³-hybridized carbons (Fsp3) is 0.273. The van der Waals surface area contributed by atoms with Gasteiger partial charge in [0.1, 0.15) is 23.9 Å². The van der Waals surface area contributed by atoms with Gasteiger partial charge in [0.2, 0.25) is 5.91 Å². The third-order valence-corrected chi connectivity index (χ3v) is 4.94. The number of morpholine rings is 1. The molecule has 0 spiro atoms. The number of ether oxygens (including phenoxy) is 2. The van der Waals surface area contributed by atoms with Crippen LogP contribution in [0, 0.1) is 11.6 Å². The van der Waals surface area contributed by atoms with E-state index in [-0.39, 0.29) is 12.2 Å². The molecule has 1 fully saturated rings. The van der Waals surface area contributed by atoms with Crippen LogP contribution in [-0.2, 0) is 16.1 Å². The molecule has 31 heavy (non-hydrogen) atoms. The van der Waals surface area contributed by atoms with Gasteiger partial charge in [-0.3, -0.25) is 9.48 Å². The molecule has 1 aromatic heterocycles. The van der Waals surface area contributed by atoms with Crippen molar-refractivity contribution < 1.29 is 23.0 Å². The summed E-state index contributed by atoms with van der Waals surface area (Å²) < 4.78 is 39.2. The van der Waals surface area contributed by atoms with Gasteiger partial charge >= 0.3 is 0 Å². The Bertz CT molecular complexity index is 1080. The molecule has 0 aliphatic carbocycles. The van der Waals surface area contributed by atoms with E-state index in [0.717, 1.165) is 29.1 Å². The molecule has 0 saturated carbocycles. The highest BCUT2D eigenvalue weighted by molar-refractivity contribution is 5.90. The molecule has 0 radical (unpaired) electrons. The summed E-state index contributed by atoms with van der Waals surface area (Å²) in [5.41, 5.74) is 1.67. The summed E-state index contributed by atoms with van der Waals surface area (Å²) in [7, 11) is 1.60. The van der Waals surface area contributed by atoms with Crippen molar-refractivity contribution in [3.05, 3.63) is 60.3 Å². The van der Waals surface area contributed by atoms with Crippen LogP contribution in [0.25, 0.3) is 11.1 Å². The van der Waals surface area contributed by atoms with E-state index in [4.69, 9.17) is 9.47 Å². The van der Waals surface area contributed by atoms with Gasteiger partial charge in [0.05, 0.1) is 26.0 Å². The van der Waals surface area contributed by atoms with Crippen molar-refractivity contribution in [2.24, 2.45) is 0 Å². The summed E-state index contributed by atoms with van der Waals surface area (Å²) in [5.74, 6) is -0.570. The Balaban J connectivity index is 1.60. The second-order valence-corrected chi connectivity index (χ2v) is 7.07. The Hall–Kier alpha value is -3.46. The number of aromatic nitrogens is 2. The van der Waals surface area contributed by atoms with Crippen LogP contribution in [0.4, 0.5) is 20.3 Å². The summed E-state index contributed by atoms with van der Waals surface area (Å²) >= 11 is 0. The van der Waals surface area contributed by atoms with Crippen LogP contribution in [0.15, 0.2) is 48.7 Å². The first-order valence-corrected chi connectivity index (χ1v) is 9.83. The average molecular weight is 428 g/mol. The topological polar surface area (TPSA) is 68.6 Å². The van der Waals surface area contributed by atoms with E-state index in [0.29, 0.717) is 32.1 Å². The average Bonchev–Trinajstić information content (AvgIpc) is 3.20. The molecule has 1 amide bonds. The van der Waals surface area contributed by atoms with Crippen molar-refractivity contribution in [3.8, 4) is 16.9 Å². The molecule has 0 bridgehead atoms. The smallest absolute Gasteiger partial charge is 0.246 e. The highest BCUT2D eigenvalue weighted by Crippen LogP contribution is 2.32. The quantitative estimate of drug-likeness (QED) is 0.653. The third-order valence-electron chi connectivity index (χ3n) is 4.94. The minimum atomic E-state index is -0.833. The normalized spacial score (nSPS) is 13.8. The molecule has 2 aromatic carbocycles. The van der Waals surface area contributed by atoms with Gasteiger partial charge in [-0.05, 0) is 29.8 Å². The van der Waals surface area contributed by atoms with Gasteiger partial charge in [0, 0.05) is 30.9 Å². The van der Waals surface area contributed by atoms with Crippen molar-refractivity contribution in [1.29, 1.82) is 0 Å². The largest absolute Gasteiger partial charge is 0.497 e. The number of methoxy groups -OCH3 is 1. The van der Waals surface area contributed by atoms with Crippen molar-refractivity contribution in [2.45, 2.75) is 6.54 Å². The summed E-state index contributed by atoms with van der Waals surface area (Å²) in [6, 6.07) is 10.6. The Morgan fingerprint density at radius 2 is 2.00 bits per heavy atom. The molecular weight excluding hydrogens is 406 g/mol. The van der Waals surface area contributed by atoms with Crippen LogP contribution >= 0.6 is 0 Å². The van der Waals surface area contributed by atoms with Gasteiger partial charge < -0.3 is 19.7 Å². The summed E-state index contributed by atoms with van der Waals surface area (Å²) in [5, 5.41) is 7.07. The van der Waals surface area contributed by atoms with Crippen molar-refractivity contribution in [1.82, 2.24) is 9.78 Å². The zero-order valence-electron chi connectivity index (χ0n) is 17.0. The zero-order valence-corrected chi connectivity index (χ0v) is 17.0. The van der Waals surface area contributed by atoms with Crippen molar-refractivity contribution >= 4 is 17.4 Å². The Morgan fingerprint density at radius 3 is 2.74 bits per heavy atom. The lowest BCUT2D eigenvalue weighted by Crippen LogP contribution is -2.36. The standard InChI is InChI=1S/C22H22F2N4O3/c1-30-17-4-2-3-15(11-17)18-13-28(26-22(18)27-7-9-31-10-8-27)14-21(29)25-20-6-5-16(23)12-19(20)24/h2-6,11-13H,7-10,14H2,1H3,(H,25,29). The molecular formula is C22H22F2N4O3. The molecule has 162 valence electrons. The number of hydrogen-bond acceptors (Lipinski definition) is 5. The Morgan fingerprint density at radius 1 is 1.19 bits per heavy atom. The Labute approximate surface area is 178 Å². The molecule has 1 aliphatic heterocycles. The number of carbonyl (C=O) groups excluding carboxylic acids is 1. The number of hydrogen-bond donors (Lipinski definition) is 1. The van der Waals surface area contributed by atoms with E-state index in [2.05, 4.69) is 15.3 Å². The first-order valence-electron chi connectivity index (χ1n) is 9.83. The van der Waals surface area contributed by atoms with Crippen LogP contribution in [0.1, 0.15) is 0 Å². The summed E-state index contributed by atoms with van der Waals surface area (Å²) in [6.07, 6.45) is 1.78. The van der Waals surface area contributed by atoms with E-state index >= 15 is 0 Å². The van der Waals surface area contributed by atoms with Crippen LogP contribution in [0.3, 0.4) is 0 Å². The molecule has 1 N–H and O–H groups in total. The summed E-state index contributed by atoms with van der Waals surface area (Å²) in [6.45, 7) is 2.42. The highest BCUT2D eigenvalue weighted by Gasteiger charge is 2.21. The van der Waals surface area contributed by atoms with E-state index < -0.39 is 17.5 Å². The maximum Gasteiger partial charge on any atom is 0.246 e. The maximum absolute atomic E-state index is 13.8. The predicted octanol–water partition coefficient (Wildman–Crippen LogP) is 3.31. The number of nitrogens with zero attached hydrogens (tertiary/aromatic N) is 3. The van der Waals surface area contributed by atoms with Gasteiger partial charge in [-0.15, -0.1) is 0 Å².